The first-order chi connectivity index (χ1) is 11.6. The highest BCUT2D eigenvalue weighted by molar-refractivity contribution is 6.45. The molecule has 1 aromatic carbocycles. The van der Waals surface area contributed by atoms with Crippen molar-refractivity contribution in [3.63, 3.8) is 0 Å². The quantitative estimate of drug-likeness (QED) is 0.737. The summed E-state index contributed by atoms with van der Waals surface area (Å²) in [5.41, 5.74) is 0.435. The molecule has 5 nitrogen and oxygen atoms in total. The molecule has 138 valence electrons. The molecule has 0 heterocycles. The Morgan fingerprint density at radius 3 is 2.48 bits per heavy atom. The normalized spacial score (nSPS) is 20.7. The van der Waals surface area contributed by atoms with Crippen molar-refractivity contribution in [1.82, 2.24) is 0 Å². The Labute approximate surface area is 156 Å². The number of fused-ring (bicyclic) bond motifs is 1. The summed E-state index contributed by atoms with van der Waals surface area (Å²) in [4.78, 5) is 23.9. The second-order valence-corrected chi connectivity index (χ2v) is 7.68. The largest absolute Gasteiger partial charge is 0.480 e. The summed E-state index contributed by atoms with van der Waals surface area (Å²) in [5, 5.41) is 18.6. The zero-order chi connectivity index (χ0) is 18.9. The van der Waals surface area contributed by atoms with Crippen LogP contribution in [0.15, 0.2) is 6.07 Å². The minimum Gasteiger partial charge on any atom is -0.480 e. The van der Waals surface area contributed by atoms with E-state index in [1.54, 1.807) is 13.0 Å². The molecule has 2 N–H and O–H groups in total. The fourth-order valence-corrected chi connectivity index (χ4v) is 3.88. The number of hydrogen-bond acceptors (Lipinski definition) is 4. The van der Waals surface area contributed by atoms with Gasteiger partial charge in [0.25, 0.3) is 0 Å². The number of aliphatic carboxylic acids is 1. The number of ether oxygens (including phenoxy) is 1. The molecule has 1 aliphatic rings. The number of halogens is 2. The average molecular weight is 389 g/mol. The molecule has 7 heteroatoms. The Morgan fingerprint density at radius 1 is 1.32 bits per heavy atom. The molecule has 1 aromatic rings. The number of carboxylic acids is 1. The maximum atomic E-state index is 13.2. The fraction of sp³-hybridized carbons (Fsp3) is 0.556. The molecular weight excluding hydrogens is 367 g/mol. The highest BCUT2D eigenvalue weighted by Crippen LogP contribution is 2.51. The van der Waals surface area contributed by atoms with E-state index >= 15 is 0 Å². The highest BCUT2D eigenvalue weighted by atomic mass is 35.5. The summed E-state index contributed by atoms with van der Waals surface area (Å²) in [7, 11) is 0. The molecule has 0 radical (unpaired) electrons. The lowest BCUT2D eigenvalue weighted by atomic mass is 9.70. The van der Waals surface area contributed by atoms with Gasteiger partial charge in [0.15, 0.2) is 12.4 Å². The minimum absolute atomic E-state index is 0.0457. The number of ketones is 1. The topological polar surface area (TPSA) is 83.8 Å². The zero-order valence-corrected chi connectivity index (χ0v) is 15.9. The van der Waals surface area contributed by atoms with Crippen LogP contribution in [0.25, 0.3) is 0 Å². The second kappa shape index (κ2) is 7.52. The van der Waals surface area contributed by atoms with E-state index in [4.69, 9.17) is 33.0 Å². The van der Waals surface area contributed by atoms with Crippen molar-refractivity contribution in [3.8, 4) is 5.75 Å². The van der Waals surface area contributed by atoms with Gasteiger partial charge in [-0.05, 0) is 43.7 Å². The predicted molar refractivity (Wildman–Crippen MR) is 95.8 cm³/mol. The van der Waals surface area contributed by atoms with Crippen LogP contribution in [0.5, 0.6) is 5.75 Å². The molecular formula is C18H22Cl2O5. The van der Waals surface area contributed by atoms with Gasteiger partial charge in [0, 0.05) is 11.0 Å². The fourth-order valence-electron chi connectivity index (χ4n) is 3.37. The maximum absolute atomic E-state index is 13.2. The van der Waals surface area contributed by atoms with Crippen LogP contribution in [0.1, 0.15) is 49.5 Å². The summed E-state index contributed by atoms with van der Waals surface area (Å²) in [6.45, 7) is 5.11. The van der Waals surface area contributed by atoms with E-state index in [2.05, 4.69) is 0 Å². The third-order valence-electron chi connectivity index (χ3n) is 4.90. The van der Waals surface area contributed by atoms with Gasteiger partial charge in [0.2, 0.25) is 0 Å². The van der Waals surface area contributed by atoms with E-state index in [1.807, 2.05) is 13.8 Å². The standard InChI is InChI=1S/C18H22Cl2O5/c1-9(2)18(5-4-10(3)21)7-11-6-12(25-8-13(22)23)15(19)16(20)14(11)17(18)24/h6,9-10,21H,4-5,7-8H2,1-3H3,(H,22,23). The molecule has 0 amide bonds. The lowest BCUT2D eigenvalue weighted by Crippen LogP contribution is -2.34. The van der Waals surface area contributed by atoms with Crippen LogP contribution < -0.4 is 4.74 Å². The Hall–Kier alpha value is -1.30. The SMILES string of the molecule is CC(O)CCC1(C(C)C)Cc2cc(OCC(=O)O)c(Cl)c(Cl)c2C1=O. The van der Waals surface area contributed by atoms with E-state index < -0.39 is 24.1 Å². The van der Waals surface area contributed by atoms with Gasteiger partial charge in [-0.2, -0.15) is 0 Å². The van der Waals surface area contributed by atoms with Gasteiger partial charge in [-0.1, -0.05) is 37.0 Å². The van der Waals surface area contributed by atoms with Crippen LogP contribution in [0.4, 0.5) is 0 Å². The smallest absolute Gasteiger partial charge is 0.341 e. The summed E-state index contributed by atoms with van der Waals surface area (Å²) in [6, 6.07) is 1.61. The number of hydrogen-bond donors (Lipinski definition) is 2. The number of carbonyl (C=O) groups is 2. The van der Waals surface area contributed by atoms with Gasteiger partial charge in [-0.15, -0.1) is 0 Å². The van der Waals surface area contributed by atoms with Crippen LogP contribution in [0.3, 0.4) is 0 Å². The van der Waals surface area contributed by atoms with Crippen LogP contribution in [0, 0.1) is 11.3 Å². The first-order valence-corrected chi connectivity index (χ1v) is 8.94. The number of aliphatic hydroxyl groups is 1. The number of carboxylic acid groups (broad SMARTS) is 1. The van der Waals surface area contributed by atoms with Gasteiger partial charge in [-0.25, -0.2) is 4.79 Å². The Balaban J connectivity index is 2.45. The first-order valence-electron chi connectivity index (χ1n) is 8.18. The van der Waals surface area contributed by atoms with Crippen molar-refractivity contribution in [2.75, 3.05) is 6.61 Å². The predicted octanol–water partition coefficient (Wildman–Crippen LogP) is 4.00. The van der Waals surface area contributed by atoms with Crippen molar-refractivity contribution in [2.45, 2.75) is 46.1 Å². The molecule has 0 saturated carbocycles. The second-order valence-electron chi connectivity index (χ2n) is 6.92. The molecule has 2 unspecified atom stereocenters. The molecule has 2 rings (SSSR count). The minimum atomic E-state index is -1.13. The summed E-state index contributed by atoms with van der Waals surface area (Å²) in [6.07, 6.45) is 1.01. The Bertz CT molecular complexity index is 699. The van der Waals surface area contributed by atoms with Crippen molar-refractivity contribution >= 4 is 35.0 Å². The van der Waals surface area contributed by atoms with Gasteiger partial charge < -0.3 is 14.9 Å². The van der Waals surface area contributed by atoms with E-state index in [0.717, 1.165) is 0 Å². The molecule has 1 aliphatic carbocycles. The zero-order valence-electron chi connectivity index (χ0n) is 14.4. The maximum Gasteiger partial charge on any atom is 0.341 e. The van der Waals surface area contributed by atoms with Gasteiger partial charge >= 0.3 is 5.97 Å². The van der Waals surface area contributed by atoms with Gasteiger partial charge in [-0.3, -0.25) is 4.79 Å². The van der Waals surface area contributed by atoms with Gasteiger partial charge in [0.05, 0.1) is 11.1 Å². The lowest BCUT2D eigenvalue weighted by molar-refractivity contribution is -0.139. The molecule has 0 aliphatic heterocycles. The summed E-state index contributed by atoms with van der Waals surface area (Å²) < 4.78 is 5.20. The van der Waals surface area contributed by atoms with E-state index in [9.17, 15) is 14.7 Å². The van der Waals surface area contributed by atoms with Crippen LogP contribution in [-0.2, 0) is 11.2 Å². The van der Waals surface area contributed by atoms with Gasteiger partial charge in [0.1, 0.15) is 10.8 Å². The van der Waals surface area contributed by atoms with Crippen molar-refractivity contribution in [2.24, 2.45) is 11.3 Å². The third kappa shape index (κ3) is 3.78. The summed E-state index contributed by atoms with van der Waals surface area (Å²) >= 11 is 12.5. The molecule has 0 fully saturated rings. The average Bonchev–Trinajstić information content (AvgIpc) is 2.80. The molecule has 2 atom stereocenters. The number of aliphatic hydroxyl groups excluding tert-OH is 1. The Morgan fingerprint density at radius 2 is 1.96 bits per heavy atom. The molecule has 0 aromatic heterocycles. The lowest BCUT2D eigenvalue weighted by Gasteiger charge is -2.32. The van der Waals surface area contributed by atoms with Crippen molar-refractivity contribution < 1.29 is 24.5 Å². The third-order valence-corrected chi connectivity index (χ3v) is 5.75. The van der Waals surface area contributed by atoms with E-state index in [0.29, 0.717) is 30.4 Å². The number of Topliss-reactive ketones (excluding diaryl/α,β-unsaturated/α-hetero) is 1. The highest BCUT2D eigenvalue weighted by Gasteiger charge is 2.49. The number of carbonyl (C=O) groups excluding carboxylic acids is 1. The van der Waals surface area contributed by atoms with Crippen LogP contribution in [0.2, 0.25) is 10.0 Å². The Kier molecular flexibility index (Phi) is 6.02. The van der Waals surface area contributed by atoms with Crippen LogP contribution >= 0.6 is 23.2 Å². The number of rotatable bonds is 7. The summed E-state index contributed by atoms with van der Waals surface area (Å²) in [5.74, 6) is -0.993. The monoisotopic (exact) mass is 388 g/mol. The van der Waals surface area contributed by atoms with E-state index in [-0.39, 0.29) is 27.5 Å². The van der Waals surface area contributed by atoms with Crippen molar-refractivity contribution in [3.05, 3.63) is 27.2 Å². The first kappa shape index (κ1) is 20.0. The molecule has 25 heavy (non-hydrogen) atoms. The van der Waals surface area contributed by atoms with E-state index in [1.165, 1.54) is 0 Å². The molecule has 0 bridgehead atoms. The molecule has 0 saturated heterocycles. The number of benzene rings is 1. The molecule has 0 spiro atoms. The van der Waals surface area contributed by atoms with Crippen LogP contribution in [-0.4, -0.2) is 34.7 Å². The van der Waals surface area contributed by atoms with Crippen molar-refractivity contribution in [1.29, 1.82) is 0 Å².